The molecule has 32 heavy (non-hydrogen) atoms. The number of aromatic nitrogens is 1. The number of nitrogens with zero attached hydrogens (tertiary/aromatic N) is 2. The molecule has 0 unspecified atom stereocenters. The molecule has 1 amide bonds. The normalized spacial score (nSPS) is 10.6. The molecule has 2 aromatic carbocycles. The van der Waals surface area contributed by atoms with Gasteiger partial charge in [-0.25, -0.2) is 9.37 Å². The number of methoxy groups -OCH3 is 3. The maximum absolute atomic E-state index is 14.1. The summed E-state index contributed by atoms with van der Waals surface area (Å²) in [5.41, 5.74) is 0.701. The highest BCUT2D eigenvalue weighted by Gasteiger charge is 2.20. The van der Waals surface area contributed by atoms with Crippen molar-refractivity contribution < 1.29 is 28.1 Å². The van der Waals surface area contributed by atoms with Crippen LogP contribution in [0.2, 0.25) is 0 Å². The number of thiazole rings is 1. The minimum absolute atomic E-state index is 0.0191. The van der Waals surface area contributed by atoms with E-state index in [1.54, 1.807) is 45.6 Å². The minimum atomic E-state index is -0.557. The largest absolute Gasteiger partial charge is 0.493 e. The van der Waals surface area contributed by atoms with Crippen LogP contribution in [0.4, 0.5) is 4.39 Å². The first kappa shape index (κ1) is 23.5. The summed E-state index contributed by atoms with van der Waals surface area (Å²) in [6.07, 6.45) is 0. The number of carbonyl (C=O) groups is 1. The van der Waals surface area contributed by atoms with Crippen LogP contribution in [-0.2, 0) is 17.9 Å². The molecule has 0 saturated carbocycles. The topological polar surface area (TPSA) is 70.1 Å². The first-order chi connectivity index (χ1) is 15.6. The van der Waals surface area contributed by atoms with E-state index in [0.29, 0.717) is 36.1 Å². The van der Waals surface area contributed by atoms with E-state index >= 15 is 0 Å². The van der Waals surface area contributed by atoms with E-state index in [1.165, 1.54) is 28.4 Å². The second kappa shape index (κ2) is 11.4. The zero-order valence-electron chi connectivity index (χ0n) is 18.2. The van der Waals surface area contributed by atoms with Crippen molar-refractivity contribution in [2.45, 2.75) is 13.2 Å². The molecule has 3 aromatic rings. The summed E-state index contributed by atoms with van der Waals surface area (Å²) < 4.78 is 35.8. The highest BCUT2D eigenvalue weighted by atomic mass is 32.1. The smallest absolute Gasteiger partial charge is 0.257 e. The van der Waals surface area contributed by atoms with Gasteiger partial charge in [-0.05, 0) is 24.3 Å². The first-order valence-corrected chi connectivity index (χ1v) is 10.7. The molecule has 0 N–H and O–H groups in total. The van der Waals surface area contributed by atoms with Crippen LogP contribution in [0.1, 0.15) is 21.1 Å². The zero-order valence-corrected chi connectivity index (χ0v) is 19.0. The predicted molar refractivity (Wildman–Crippen MR) is 119 cm³/mol. The minimum Gasteiger partial charge on any atom is -0.493 e. The van der Waals surface area contributed by atoms with Gasteiger partial charge < -0.3 is 23.8 Å². The lowest BCUT2D eigenvalue weighted by Gasteiger charge is -2.21. The molecule has 0 aliphatic rings. The third-order valence-electron chi connectivity index (χ3n) is 4.63. The van der Waals surface area contributed by atoms with Crippen molar-refractivity contribution in [3.05, 3.63) is 69.9 Å². The van der Waals surface area contributed by atoms with Gasteiger partial charge in [0.25, 0.3) is 5.91 Å². The molecule has 0 aliphatic heterocycles. The van der Waals surface area contributed by atoms with E-state index < -0.39 is 11.7 Å². The monoisotopic (exact) mass is 460 g/mol. The molecule has 7 nitrogen and oxygen atoms in total. The molecule has 9 heteroatoms. The number of rotatable bonds is 11. The van der Waals surface area contributed by atoms with Gasteiger partial charge in [0.1, 0.15) is 17.4 Å². The van der Waals surface area contributed by atoms with Crippen LogP contribution in [0.3, 0.4) is 0 Å². The van der Waals surface area contributed by atoms with E-state index in [-0.39, 0.29) is 18.7 Å². The third-order valence-corrected chi connectivity index (χ3v) is 5.50. The van der Waals surface area contributed by atoms with Gasteiger partial charge in [-0.2, -0.15) is 0 Å². The van der Waals surface area contributed by atoms with E-state index in [4.69, 9.17) is 18.9 Å². The zero-order chi connectivity index (χ0) is 22.9. The van der Waals surface area contributed by atoms with Crippen LogP contribution in [0.15, 0.2) is 47.8 Å². The van der Waals surface area contributed by atoms with Crippen LogP contribution >= 0.6 is 11.3 Å². The van der Waals surface area contributed by atoms with Gasteiger partial charge >= 0.3 is 0 Å². The van der Waals surface area contributed by atoms with Crippen LogP contribution in [-0.4, -0.2) is 50.3 Å². The first-order valence-electron chi connectivity index (χ1n) is 9.87. The van der Waals surface area contributed by atoms with Crippen LogP contribution in [0.25, 0.3) is 0 Å². The third kappa shape index (κ3) is 5.74. The Hall–Kier alpha value is -3.17. The predicted octanol–water partition coefficient (Wildman–Crippen LogP) is 4.17. The number of para-hydroxylation sites is 1. The molecule has 0 radical (unpaired) electrons. The van der Waals surface area contributed by atoms with Crippen molar-refractivity contribution in [1.82, 2.24) is 9.88 Å². The fraction of sp³-hybridized carbons (Fsp3) is 0.304. The molecule has 0 aliphatic carbocycles. The number of hydrogen-bond acceptors (Lipinski definition) is 7. The lowest BCUT2D eigenvalue weighted by Crippen LogP contribution is -2.34. The van der Waals surface area contributed by atoms with Gasteiger partial charge in [-0.3, -0.25) is 4.79 Å². The Labute approximate surface area is 190 Å². The molecule has 1 aromatic heterocycles. The summed E-state index contributed by atoms with van der Waals surface area (Å²) in [6.45, 7) is 1.07. The van der Waals surface area contributed by atoms with Crippen molar-refractivity contribution >= 4 is 17.2 Å². The van der Waals surface area contributed by atoms with Crippen LogP contribution < -0.4 is 14.2 Å². The second-order valence-corrected chi connectivity index (χ2v) is 7.65. The van der Waals surface area contributed by atoms with Crippen LogP contribution in [0, 0.1) is 5.82 Å². The van der Waals surface area contributed by atoms with Crippen molar-refractivity contribution in [2.75, 3.05) is 34.5 Å². The Kier molecular flexibility index (Phi) is 8.41. The number of carbonyl (C=O) groups excluding carboxylic acids is 1. The lowest BCUT2D eigenvalue weighted by atomic mass is 10.2. The van der Waals surface area contributed by atoms with Crippen molar-refractivity contribution in [2.24, 2.45) is 0 Å². The number of ether oxygens (including phenoxy) is 4. The van der Waals surface area contributed by atoms with E-state index in [2.05, 4.69) is 4.98 Å². The molecule has 0 fully saturated rings. The summed E-state index contributed by atoms with van der Waals surface area (Å²) >= 11 is 1.41. The lowest BCUT2D eigenvalue weighted by molar-refractivity contribution is 0.0673. The maximum Gasteiger partial charge on any atom is 0.257 e. The second-order valence-electron chi connectivity index (χ2n) is 6.71. The molecule has 3 rings (SSSR count). The molecule has 0 spiro atoms. The Morgan fingerprint density at radius 1 is 1.06 bits per heavy atom. The summed E-state index contributed by atoms with van der Waals surface area (Å²) in [5.74, 6) is 0.637. The Balaban J connectivity index is 1.71. The number of amides is 1. The molecule has 0 bridgehead atoms. The van der Waals surface area contributed by atoms with Crippen LogP contribution in [0.5, 0.6) is 17.2 Å². The summed E-state index contributed by atoms with van der Waals surface area (Å²) in [4.78, 5) is 19.0. The fourth-order valence-electron chi connectivity index (χ4n) is 3.04. The van der Waals surface area contributed by atoms with Gasteiger partial charge in [-0.1, -0.05) is 18.2 Å². The van der Waals surface area contributed by atoms with Gasteiger partial charge in [-0.15, -0.1) is 11.3 Å². The van der Waals surface area contributed by atoms with E-state index in [1.807, 2.05) is 11.4 Å². The highest BCUT2D eigenvalue weighted by Crippen LogP contribution is 2.37. The molecular weight excluding hydrogens is 435 g/mol. The van der Waals surface area contributed by atoms with Gasteiger partial charge in [0.2, 0.25) is 5.75 Å². The van der Waals surface area contributed by atoms with Crippen molar-refractivity contribution in [1.29, 1.82) is 0 Å². The quantitative estimate of drug-likeness (QED) is 0.428. The summed E-state index contributed by atoms with van der Waals surface area (Å²) in [6, 6.07) is 11.3. The van der Waals surface area contributed by atoms with E-state index in [0.717, 1.165) is 5.01 Å². The summed E-state index contributed by atoms with van der Waals surface area (Å²) in [5, 5.41) is 2.57. The average Bonchev–Trinajstić information content (AvgIpc) is 3.27. The van der Waals surface area contributed by atoms with Crippen molar-refractivity contribution in [3.8, 4) is 17.2 Å². The molecule has 0 saturated heterocycles. The standard InChI is InChI=1S/C23H25FN2O5S/c1-28-12-11-26(23(27)17-7-4-5-8-18(17)24)13-16-15-32-21(25-16)14-31-22-19(29-2)9-6-10-20(22)30-3/h4-10,15H,11-14H2,1-3H3. The Morgan fingerprint density at radius 3 is 2.44 bits per heavy atom. The van der Waals surface area contributed by atoms with Gasteiger partial charge in [0.15, 0.2) is 11.5 Å². The SMILES string of the molecule is COCCN(Cc1csc(COc2c(OC)cccc2OC)n1)C(=O)c1ccccc1F. The number of benzene rings is 2. The molecule has 170 valence electrons. The Morgan fingerprint density at radius 2 is 1.78 bits per heavy atom. The fourth-order valence-corrected chi connectivity index (χ4v) is 3.73. The Bertz CT molecular complexity index is 1020. The molecule has 0 atom stereocenters. The molecular formula is C23H25FN2O5S. The maximum atomic E-state index is 14.1. The molecule has 1 heterocycles. The average molecular weight is 461 g/mol. The summed E-state index contributed by atoms with van der Waals surface area (Å²) in [7, 11) is 4.67. The number of hydrogen-bond donors (Lipinski definition) is 0. The highest BCUT2D eigenvalue weighted by molar-refractivity contribution is 7.09. The number of halogens is 1. The van der Waals surface area contributed by atoms with E-state index in [9.17, 15) is 9.18 Å². The van der Waals surface area contributed by atoms with Gasteiger partial charge in [0.05, 0.1) is 38.6 Å². The van der Waals surface area contributed by atoms with Gasteiger partial charge in [0, 0.05) is 19.0 Å². The van der Waals surface area contributed by atoms with Crippen molar-refractivity contribution in [3.63, 3.8) is 0 Å².